The molecule has 2 rings (SSSR count). The lowest BCUT2D eigenvalue weighted by Crippen LogP contribution is -2.37. The van der Waals surface area contributed by atoms with Crippen molar-refractivity contribution < 1.29 is 4.74 Å². The van der Waals surface area contributed by atoms with Crippen LogP contribution in [0, 0.1) is 12.8 Å². The third-order valence-electron chi connectivity index (χ3n) is 3.68. The monoisotopic (exact) mass is 278 g/mol. The first-order valence-corrected chi connectivity index (χ1v) is 7.56. The van der Waals surface area contributed by atoms with Crippen molar-refractivity contribution >= 4 is 5.95 Å². The van der Waals surface area contributed by atoms with Crippen molar-refractivity contribution in [2.75, 3.05) is 11.9 Å². The Labute approximate surface area is 121 Å². The summed E-state index contributed by atoms with van der Waals surface area (Å²) in [4.78, 5) is 8.81. The zero-order valence-corrected chi connectivity index (χ0v) is 12.7. The molecule has 3 N–H and O–H groups in total. The quantitative estimate of drug-likeness (QED) is 0.865. The predicted molar refractivity (Wildman–Crippen MR) is 81.0 cm³/mol. The Morgan fingerprint density at radius 2 is 2.10 bits per heavy atom. The number of hydrogen-bond acceptors (Lipinski definition) is 5. The summed E-state index contributed by atoms with van der Waals surface area (Å²) in [5, 5.41) is 3.32. The Morgan fingerprint density at radius 1 is 1.35 bits per heavy atom. The summed E-state index contributed by atoms with van der Waals surface area (Å²) < 4.78 is 5.63. The van der Waals surface area contributed by atoms with E-state index in [0.29, 0.717) is 23.8 Å². The van der Waals surface area contributed by atoms with Crippen LogP contribution in [-0.4, -0.2) is 28.7 Å². The van der Waals surface area contributed by atoms with Gasteiger partial charge >= 0.3 is 0 Å². The first-order chi connectivity index (χ1) is 9.54. The highest BCUT2D eigenvalue weighted by Crippen LogP contribution is 2.23. The van der Waals surface area contributed by atoms with Crippen molar-refractivity contribution in [2.24, 2.45) is 11.7 Å². The third-order valence-corrected chi connectivity index (χ3v) is 3.68. The van der Waals surface area contributed by atoms with Crippen molar-refractivity contribution in [1.82, 2.24) is 9.97 Å². The number of nitrogens with zero attached hydrogens (tertiary/aromatic N) is 2. The number of aryl methyl sites for hydroxylation is 1. The first-order valence-electron chi connectivity index (χ1n) is 7.56. The molecule has 20 heavy (non-hydrogen) atoms. The van der Waals surface area contributed by atoms with E-state index in [-0.39, 0.29) is 6.10 Å². The fraction of sp³-hybridized carbons (Fsp3) is 0.733. The lowest BCUT2D eigenvalue weighted by atomic mass is 9.85. The number of nitrogens with one attached hydrogen (secondary N) is 1. The van der Waals surface area contributed by atoms with Gasteiger partial charge in [-0.25, -0.2) is 4.98 Å². The first kappa shape index (κ1) is 15.0. The molecule has 0 aliphatic heterocycles. The van der Waals surface area contributed by atoms with E-state index >= 15 is 0 Å². The van der Waals surface area contributed by atoms with Crippen LogP contribution >= 0.6 is 0 Å². The van der Waals surface area contributed by atoms with Gasteiger partial charge in [0.05, 0.1) is 6.10 Å². The summed E-state index contributed by atoms with van der Waals surface area (Å²) in [6.07, 6.45) is 4.96. The maximum atomic E-state index is 6.16. The third kappa shape index (κ3) is 4.34. The van der Waals surface area contributed by atoms with Gasteiger partial charge in [0, 0.05) is 24.3 Å². The number of ether oxygens (including phenoxy) is 1. The van der Waals surface area contributed by atoms with E-state index in [1.165, 1.54) is 19.3 Å². The van der Waals surface area contributed by atoms with Crippen molar-refractivity contribution in [3.8, 4) is 5.88 Å². The normalized spacial score (nSPS) is 22.9. The van der Waals surface area contributed by atoms with Crippen LogP contribution in [0.1, 0.15) is 45.2 Å². The molecule has 1 saturated carbocycles. The van der Waals surface area contributed by atoms with Gasteiger partial charge in [0.2, 0.25) is 11.8 Å². The maximum absolute atomic E-state index is 6.16. The average molecular weight is 278 g/mol. The van der Waals surface area contributed by atoms with Crippen molar-refractivity contribution in [2.45, 2.75) is 58.6 Å². The van der Waals surface area contributed by atoms with Gasteiger partial charge in [-0.1, -0.05) is 12.8 Å². The highest BCUT2D eigenvalue weighted by molar-refractivity contribution is 5.30. The number of aromatic nitrogens is 2. The van der Waals surface area contributed by atoms with Crippen LogP contribution in [0.5, 0.6) is 5.88 Å². The molecule has 1 aliphatic carbocycles. The SMILES string of the molecule is Cc1cc(OC(C)C)nc(NCC2CCCCC2N)n1. The van der Waals surface area contributed by atoms with Gasteiger partial charge < -0.3 is 15.8 Å². The van der Waals surface area contributed by atoms with Gasteiger partial charge in [-0.3, -0.25) is 0 Å². The van der Waals surface area contributed by atoms with Crippen LogP contribution in [0.2, 0.25) is 0 Å². The van der Waals surface area contributed by atoms with Crippen molar-refractivity contribution in [1.29, 1.82) is 0 Å². The molecule has 0 spiro atoms. The van der Waals surface area contributed by atoms with Crippen molar-refractivity contribution in [3.05, 3.63) is 11.8 Å². The molecule has 5 heteroatoms. The van der Waals surface area contributed by atoms with Crippen molar-refractivity contribution in [3.63, 3.8) is 0 Å². The molecule has 1 fully saturated rings. The molecule has 1 heterocycles. The molecule has 0 bridgehead atoms. The summed E-state index contributed by atoms with van der Waals surface area (Å²) in [5.41, 5.74) is 7.07. The molecular weight excluding hydrogens is 252 g/mol. The minimum absolute atomic E-state index is 0.115. The Morgan fingerprint density at radius 3 is 2.80 bits per heavy atom. The van der Waals surface area contributed by atoms with Crippen LogP contribution in [-0.2, 0) is 0 Å². The second-order valence-corrected chi connectivity index (χ2v) is 5.93. The minimum Gasteiger partial charge on any atom is -0.475 e. The van der Waals surface area contributed by atoms with Gasteiger partial charge in [-0.2, -0.15) is 4.98 Å². The highest BCUT2D eigenvalue weighted by atomic mass is 16.5. The van der Waals surface area contributed by atoms with Gasteiger partial charge in [-0.15, -0.1) is 0 Å². The Hall–Kier alpha value is -1.36. The molecule has 1 aromatic heterocycles. The second kappa shape index (κ2) is 6.88. The summed E-state index contributed by atoms with van der Waals surface area (Å²) >= 11 is 0. The molecule has 0 aromatic carbocycles. The fourth-order valence-electron chi connectivity index (χ4n) is 2.63. The van der Waals surface area contributed by atoms with E-state index in [9.17, 15) is 0 Å². The molecule has 0 radical (unpaired) electrons. The molecular formula is C15H26N4O. The van der Waals surface area contributed by atoms with Gasteiger partial charge in [-0.05, 0) is 39.5 Å². The van der Waals surface area contributed by atoms with E-state index in [1.807, 2.05) is 26.8 Å². The van der Waals surface area contributed by atoms with E-state index in [1.54, 1.807) is 0 Å². The molecule has 1 aromatic rings. The van der Waals surface area contributed by atoms with Gasteiger partial charge in [0.15, 0.2) is 0 Å². The molecule has 112 valence electrons. The molecule has 5 nitrogen and oxygen atoms in total. The molecule has 2 atom stereocenters. The molecule has 0 amide bonds. The Balaban J connectivity index is 1.96. The summed E-state index contributed by atoms with van der Waals surface area (Å²) in [5.74, 6) is 1.78. The Kier molecular flexibility index (Phi) is 5.17. The largest absolute Gasteiger partial charge is 0.475 e. The average Bonchev–Trinajstić information content (AvgIpc) is 2.36. The van der Waals surface area contributed by atoms with Crippen LogP contribution in [0.15, 0.2) is 6.07 Å². The lowest BCUT2D eigenvalue weighted by Gasteiger charge is -2.28. The maximum Gasteiger partial charge on any atom is 0.226 e. The zero-order valence-electron chi connectivity index (χ0n) is 12.7. The van der Waals surface area contributed by atoms with E-state index in [2.05, 4.69) is 15.3 Å². The topological polar surface area (TPSA) is 73.1 Å². The van der Waals surface area contributed by atoms with E-state index < -0.39 is 0 Å². The van der Waals surface area contributed by atoms with Crippen LogP contribution in [0.3, 0.4) is 0 Å². The summed E-state index contributed by atoms with van der Waals surface area (Å²) in [6.45, 7) is 6.77. The number of hydrogen-bond donors (Lipinski definition) is 2. The van der Waals surface area contributed by atoms with Crippen LogP contribution in [0.4, 0.5) is 5.95 Å². The lowest BCUT2D eigenvalue weighted by molar-refractivity contribution is 0.232. The summed E-state index contributed by atoms with van der Waals surface area (Å²) in [7, 11) is 0. The number of nitrogens with two attached hydrogens (primary N) is 1. The van der Waals surface area contributed by atoms with Gasteiger partial charge in [0.1, 0.15) is 0 Å². The van der Waals surface area contributed by atoms with E-state index in [4.69, 9.17) is 10.5 Å². The van der Waals surface area contributed by atoms with Gasteiger partial charge in [0.25, 0.3) is 0 Å². The van der Waals surface area contributed by atoms with E-state index in [0.717, 1.165) is 18.7 Å². The summed E-state index contributed by atoms with van der Waals surface area (Å²) in [6, 6.07) is 2.16. The smallest absolute Gasteiger partial charge is 0.226 e. The van der Waals surface area contributed by atoms with Crippen LogP contribution < -0.4 is 15.8 Å². The number of rotatable bonds is 5. The Bertz CT molecular complexity index is 436. The van der Waals surface area contributed by atoms with Crippen LogP contribution in [0.25, 0.3) is 0 Å². The minimum atomic E-state index is 0.115. The highest BCUT2D eigenvalue weighted by Gasteiger charge is 2.21. The predicted octanol–water partition coefficient (Wildman–Crippen LogP) is 2.50. The molecule has 1 aliphatic rings. The molecule has 0 saturated heterocycles. The second-order valence-electron chi connectivity index (χ2n) is 5.93. The molecule has 2 unspecified atom stereocenters. The number of anilines is 1. The fourth-order valence-corrected chi connectivity index (χ4v) is 2.63. The zero-order chi connectivity index (χ0) is 14.5. The standard InChI is InChI=1S/C15H26N4O/c1-10(2)20-14-8-11(3)18-15(19-14)17-9-12-6-4-5-7-13(12)16/h8,10,12-13H,4-7,9,16H2,1-3H3,(H,17,18,19).